The van der Waals surface area contributed by atoms with Crippen molar-refractivity contribution in [2.24, 2.45) is 0 Å². The van der Waals surface area contributed by atoms with Crippen molar-refractivity contribution in [3.05, 3.63) is 58.6 Å². The summed E-state index contributed by atoms with van der Waals surface area (Å²) in [6.07, 6.45) is 0.723. The first-order valence-electron chi connectivity index (χ1n) is 6.33. The lowest BCUT2D eigenvalue weighted by atomic mass is 10.1. The molecule has 0 heterocycles. The van der Waals surface area contributed by atoms with E-state index in [1.165, 1.54) is 24.3 Å². The fraction of sp³-hybridized carbons (Fsp3) is 0. The van der Waals surface area contributed by atoms with Gasteiger partial charge in [0, 0.05) is 6.07 Å². The predicted molar refractivity (Wildman–Crippen MR) is 84.1 cm³/mol. The van der Waals surface area contributed by atoms with E-state index in [1.807, 2.05) is 0 Å². The van der Waals surface area contributed by atoms with E-state index in [0.29, 0.717) is 10.6 Å². The van der Waals surface area contributed by atoms with Gasteiger partial charge < -0.3 is 19.7 Å². The zero-order valence-corrected chi connectivity index (χ0v) is 12.4. The molecule has 2 aromatic carbocycles. The van der Waals surface area contributed by atoms with Gasteiger partial charge in [0.2, 0.25) is 0 Å². The number of hydrogen-bond donors (Lipinski definition) is 2. The maximum Gasteiger partial charge on any atom is 0.511 e. The van der Waals surface area contributed by atoms with Gasteiger partial charge in [-0.3, -0.25) is 0 Å². The SMILES string of the molecule is O=C(O)Oc1ccc(/C=C/c2ccc(OC(=O)O)cc2Cl)cc1. The smallest absolute Gasteiger partial charge is 0.449 e. The van der Waals surface area contributed by atoms with Crippen LogP contribution >= 0.6 is 11.6 Å². The number of rotatable bonds is 4. The average Bonchev–Trinajstić information content (AvgIpc) is 2.47. The van der Waals surface area contributed by atoms with Crippen molar-refractivity contribution in [2.75, 3.05) is 0 Å². The van der Waals surface area contributed by atoms with Crippen molar-refractivity contribution < 1.29 is 29.3 Å². The number of ether oxygens (including phenoxy) is 2. The summed E-state index contributed by atoms with van der Waals surface area (Å²) >= 11 is 6.05. The molecule has 6 nitrogen and oxygen atoms in total. The van der Waals surface area contributed by atoms with Crippen LogP contribution in [0.4, 0.5) is 9.59 Å². The van der Waals surface area contributed by atoms with Crippen LogP contribution in [-0.2, 0) is 0 Å². The molecule has 0 atom stereocenters. The summed E-state index contributed by atoms with van der Waals surface area (Å²) in [5.74, 6) is 0.359. The second kappa shape index (κ2) is 7.33. The van der Waals surface area contributed by atoms with Crippen LogP contribution < -0.4 is 9.47 Å². The Balaban J connectivity index is 2.10. The monoisotopic (exact) mass is 334 g/mol. The normalized spacial score (nSPS) is 10.5. The van der Waals surface area contributed by atoms with E-state index in [4.69, 9.17) is 21.8 Å². The Morgan fingerprint density at radius 1 is 0.870 bits per heavy atom. The Kier molecular flexibility index (Phi) is 5.22. The number of benzene rings is 2. The highest BCUT2D eigenvalue weighted by molar-refractivity contribution is 6.32. The molecular weight excluding hydrogens is 324 g/mol. The van der Waals surface area contributed by atoms with Gasteiger partial charge in [0.05, 0.1) is 5.02 Å². The molecule has 0 aliphatic rings. The fourth-order valence-electron chi connectivity index (χ4n) is 1.74. The highest BCUT2D eigenvalue weighted by atomic mass is 35.5. The minimum absolute atomic E-state index is 0.134. The first-order chi connectivity index (χ1) is 10.9. The molecule has 0 radical (unpaired) electrons. The van der Waals surface area contributed by atoms with Crippen molar-refractivity contribution in [2.45, 2.75) is 0 Å². The lowest BCUT2D eigenvalue weighted by Gasteiger charge is -2.03. The first-order valence-corrected chi connectivity index (χ1v) is 6.71. The van der Waals surface area contributed by atoms with Crippen molar-refractivity contribution in [3.8, 4) is 11.5 Å². The predicted octanol–water partition coefficient (Wildman–Crippen LogP) is 4.62. The molecule has 0 spiro atoms. The molecule has 2 aromatic rings. The van der Waals surface area contributed by atoms with E-state index in [1.54, 1.807) is 30.4 Å². The van der Waals surface area contributed by atoms with Gasteiger partial charge in [-0.2, -0.15) is 0 Å². The second-order valence-corrected chi connectivity index (χ2v) is 4.73. The van der Waals surface area contributed by atoms with Gasteiger partial charge in [0.1, 0.15) is 11.5 Å². The Morgan fingerprint density at radius 3 is 2.00 bits per heavy atom. The van der Waals surface area contributed by atoms with Gasteiger partial charge in [-0.25, -0.2) is 9.59 Å². The Morgan fingerprint density at radius 2 is 1.43 bits per heavy atom. The zero-order valence-electron chi connectivity index (χ0n) is 11.6. The summed E-state index contributed by atoms with van der Waals surface area (Å²) in [5.41, 5.74) is 1.49. The van der Waals surface area contributed by atoms with Crippen molar-refractivity contribution in [3.63, 3.8) is 0 Å². The van der Waals surface area contributed by atoms with Crippen LogP contribution in [0.3, 0.4) is 0 Å². The number of carboxylic acid groups (broad SMARTS) is 2. The van der Waals surface area contributed by atoms with Crippen molar-refractivity contribution >= 4 is 36.1 Å². The standard InChI is InChI=1S/C16H11ClO6/c17-14-9-13(23-16(20)21)8-5-11(14)4-1-10-2-6-12(7-3-10)22-15(18)19/h1-9H,(H,18,19)(H,20,21)/b4-1+. The van der Waals surface area contributed by atoms with E-state index in [-0.39, 0.29) is 11.5 Å². The first kappa shape index (κ1) is 16.4. The number of hydrogen-bond acceptors (Lipinski definition) is 4. The third-order valence-electron chi connectivity index (χ3n) is 2.72. The van der Waals surface area contributed by atoms with Crippen LogP contribution in [0.15, 0.2) is 42.5 Å². The summed E-state index contributed by atoms with van der Waals surface area (Å²) < 4.78 is 9.01. The van der Waals surface area contributed by atoms with Gasteiger partial charge in [-0.1, -0.05) is 35.9 Å². The molecule has 0 saturated carbocycles. The largest absolute Gasteiger partial charge is 0.511 e. The molecule has 23 heavy (non-hydrogen) atoms. The Hall–Kier alpha value is -2.99. The minimum atomic E-state index is -1.41. The molecule has 0 aromatic heterocycles. The van der Waals surface area contributed by atoms with Gasteiger partial charge in [-0.05, 0) is 35.4 Å². The lowest BCUT2D eigenvalue weighted by Crippen LogP contribution is -2.02. The molecule has 0 saturated heterocycles. The van der Waals surface area contributed by atoms with E-state index in [9.17, 15) is 9.59 Å². The van der Waals surface area contributed by atoms with Gasteiger partial charge >= 0.3 is 12.3 Å². The fourth-order valence-corrected chi connectivity index (χ4v) is 1.97. The molecular formula is C16H11ClO6. The maximum atomic E-state index is 10.4. The van der Waals surface area contributed by atoms with E-state index >= 15 is 0 Å². The van der Waals surface area contributed by atoms with E-state index in [0.717, 1.165) is 5.56 Å². The van der Waals surface area contributed by atoms with Crippen LogP contribution in [0.1, 0.15) is 11.1 Å². The van der Waals surface area contributed by atoms with Gasteiger partial charge in [0.15, 0.2) is 0 Å². The summed E-state index contributed by atoms with van der Waals surface area (Å²) in [6, 6.07) is 10.9. The van der Waals surface area contributed by atoms with Crippen LogP contribution in [0.25, 0.3) is 12.2 Å². The molecule has 0 bridgehead atoms. The average molecular weight is 335 g/mol. The van der Waals surface area contributed by atoms with Gasteiger partial charge in [-0.15, -0.1) is 0 Å². The highest BCUT2D eigenvalue weighted by Crippen LogP contribution is 2.24. The highest BCUT2D eigenvalue weighted by Gasteiger charge is 2.04. The molecule has 0 aliphatic carbocycles. The summed E-state index contributed by atoms with van der Waals surface area (Å²) in [5, 5.41) is 17.4. The molecule has 118 valence electrons. The van der Waals surface area contributed by atoms with E-state index < -0.39 is 12.3 Å². The molecule has 0 amide bonds. The molecule has 7 heteroatoms. The van der Waals surface area contributed by atoms with Crippen LogP contribution in [-0.4, -0.2) is 22.5 Å². The van der Waals surface area contributed by atoms with Crippen LogP contribution in [0, 0.1) is 0 Å². The van der Waals surface area contributed by atoms with Crippen LogP contribution in [0.2, 0.25) is 5.02 Å². The maximum absolute atomic E-state index is 10.4. The lowest BCUT2D eigenvalue weighted by molar-refractivity contribution is 0.143. The Labute approximate surface area is 136 Å². The third kappa shape index (κ3) is 5.05. The summed E-state index contributed by atoms with van der Waals surface area (Å²) in [4.78, 5) is 20.8. The van der Waals surface area contributed by atoms with E-state index in [2.05, 4.69) is 9.47 Å². The summed E-state index contributed by atoms with van der Waals surface area (Å²) in [7, 11) is 0. The Bertz CT molecular complexity index is 752. The third-order valence-corrected chi connectivity index (χ3v) is 3.05. The van der Waals surface area contributed by atoms with Gasteiger partial charge in [0.25, 0.3) is 0 Å². The molecule has 0 fully saturated rings. The minimum Gasteiger partial charge on any atom is -0.449 e. The molecule has 0 unspecified atom stereocenters. The van der Waals surface area contributed by atoms with Crippen LogP contribution in [0.5, 0.6) is 11.5 Å². The van der Waals surface area contributed by atoms with Crippen molar-refractivity contribution in [1.82, 2.24) is 0 Å². The zero-order chi connectivity index (χ0) is 16.8. The molecule has 2 N–H and O–H groups in total. The number of carbonyl (C=O) groups is 2. The summed E-state index contributed by atoms with van der Waals surface area (Å²) in [6.45, 7) is 0. The molecule has 2 rings (SSSR count). The molecule has 0 aliphatic heterocycles. The van der Waals surface area contributed by atoms with Crippen molar-refractivity contribution in [1.29, 1.82) is 0 Å². The second-order valence-electron chi connectivity index (χ2n) is 4.32. The number of halogens is 1. The topological polar surface area (TPSA) is 93.1 Å². The quantitative estimate of drug-likeness (QED) is 0.481.